The number of pyridine rings is 1. The highest BCUT2D eigenvalue weighted by molar-refractivity contribution is 5.75. The molecule has 0 aliphatic heterocycles. The molecule has 0 radical (unpaired) electrons. The molecule has 0 atom stereocenters. The van der Waals surface area contributed by atoms with E-state index in [1.165, 1.54) is 22.6 Å². The summed E-state index contributed by atoms with van der Waals surface area (Å²) in [6.45, 7) is 1.94. The normalized spacial score (nSPS) is 11.3. The molecule has 0 fully saturated rings. The maximum absolute atomic E-state index is 13.7. The summed E-state index contributed by atoms with van der Waals surface area (Å²) in [7, 11) is 0. The van der Waals surface area contributed by atoms with Crippen LogP contribution in [0.2, 0.25) is 0 Å². The van der Waals surface area contributed by atoms with Crippen molar-refractivity contribution in [3.63, 3.8) is 0 Å². The van der Waals surface area contributed by atoms with Gasteiger partial charge in [0.25, 0.3) is 0 Å². The first-order valence-electron chi connectivity index (χ1n) is 7.61. The van der Waals surface area contributed by atoms with E-state index in [1.54, 1.807) is 31.3 Å². The predicted octanol–water partition coefficient (Wildman–Crippen LogP) is 3.70. The Labute approximate surface area is 142 Å². The highest BCUT2D eigenvalue weighted by Gasteiger charge is 2.18. The number of ether oxygens (including phenoxy) is 1. The summed E-state index contributed by atoms with van der Waals surface area (Å²) in [6.07, 6.45) is 1.48. The fraction of sp³-hybridized carbons (Fsp3) is 0.176. The van der Waals surface area contributed by atoms with Gasteiger partial charge in [0, 0.05) is 6.20 Å². The van der Waals surface area contributed by atoms with Crippen molar-refractivity contribution in [1.29, 1.82) is 0 Å². The number of hydrogen-bond donors (Lipinski definition) is 1. The van der Waals surface area contributed by atoms with E-state index in [4.69, 9.17) is 4.74 Å². The van der Waals surface area contributed by atoms with Gasteiger partial charge in [-0.2, -0.15) is 0 Å². The lowest BCUT2D eigenvalue weighted by Gasteiger charge is -2.01. The number of carbonyl (C=O) groups excluding carboxylic acids is 1. The van der Waals surface area contributed by atoms with Gasteiger partial charge in [-0.05, 0) is 31.2 Å². The van der Waals surface area contributed by atoms with Crippen molar-refractivity contribution in [2.45, 2.75) is 13.3 Å². The zero-order chi connectivity index (χ0) is 17.8. The van der Waals surface area contributed by atoms with Gasteiger partial charge in [-0.15, -0.1) is 10.2 Å². The van der Waals surface area contributed by atoms with Crippen LogP contribution in [0.5, 0.6) is 5.75 Å². The van der Waals surface area contributed by atoms with Crippen molar-refractivity contribution in [3.8, 4) is 5.75 Å². The van der Waals surface area contributed by atoms with Gasteiger partial charge in [-0.1, -0.05) is 12.1 Å². The third-order valence-electron chi connectivity index (χ3n) is 3.40. The molecule has 0 aliphatic rings. The predicted molar refractivity (Wildman–Crippen MR) is 87.8 cm³/mol. The number of hydrogen-bond acceptors (Lipinski definition) is 6. The number of imidazole rings is 1. The first kappa shape index (κ1) is 16.6. The fourth-order valence-corrected chi connectivity index (χ4v) is 2.29. The van der Waals surface area contributed by atoms with Crippen LogP contribution in [0.3, 0.4) is 0 Å². The number of aromatic nitrogens is 2. The minimum absolute atomic E-state index is 0.0553. The molecule has 1 aromatic carbocycles. The molecule has 0 spiro atoms. The largest absolute Gasteiger partial charge is 0.504 e. The minimum atomic E-state index is -0.519. The highest BCUT2D eigenvalue weighted by atomic mass is 19.1. The Morgan fingerprint density at radius 3 is 2.84 bits per heavy atom. The van der Waals surface area contributed by atoms with Gasteiger partial charge >= 0.3 is 5.97 Å². The molecule has 25 heavy (non-hydrogen) atoms. The molecule has 2 heterocycles. The standard InChI is InChI=1S/C17H15FN4O3/c1-2-25-15(24)10-13-16(21-20-12-7-4-3-6-11(12)18)22-9-5-8-14(23)17(22)19-13/h3-9,23H,2,10H2,1H3. The molecule has 0 amide bonds. The third kappa shape index (κ3) is 3.47. The van der Waals surface area contributed by atoms with Crippen LogP contribution in [-0.4, -0.2) is 27.1 Å². The average Bonchev–Trinajstić information content (AvgIpc) is 2.93. The molecular weight excluding hydrogens is 327 g/mol. The second-order valence-electron chi connectivity index (χ2n) is 5.10. The number of benzene rings is 1. The lowest BCUT2D eigenvalue weighted by Crippen LogP contribution is -2.07. The molecule has 0 saturated carbocycles. The van der Waals surface area contributed by atoms with Crippen LogP contribution >= 0.6 is 0 Å². The topological polar surface area (TPSA) is 88.5 Å². The molecule has 0 aliphatic carbocycles. The summed E-state index contributed by atoms with van der Waals surface area (Å²) < 4.78 is 20.1. The third-order valence-corrected chi connectivity index (χ3v) is 3.40. The van der Waals surface area contributed by atoms with Crippen molar-refractivity contribution in [2.75, 3.05) is 6.61 Å². The monoisotopic (exact) mass is 342 g/mol. The van der Waals surface area contributed by atoms with E-state index in [1.807, 2.05) is 0 Å². The zero-order valence-corrected chi connectivity index (χ0v) is 13.4. The van der Waals surface area contributed by atoms with Crippen molar-refractivity contribution < 1.29 is 19.0 Å². The van der Waals surface area contributed by atoms with Crippen LogP contribution in [-0.2, 0) is 16.0 Å². The second kappa shape index (κ2) is 7.08. The number of esters is 1. The summed E-state index contributed by atoms with van der Waals surface area (Å²) in [5.74, 6) is -0.843. The minimum Gasteiger partial charge on any atom is -0.504 e. The fourth-order valence-electron chi connectivity index (χ4n) is 2.29. The molecule has 128 valence electrons. The lowest BCUT2D eigenvalue weighted by atomic mass is 10.3. The summed E-state index contributed by atoms with van der Waals surface area (Å²) >= 11 is 0. The van der Waals surface area contributed by atoms with Crippen LogP contribution in [0.4, 0.5) is 15.9 Å². The number of nitrogens with zero attached hydrogens (tertiary/aromatic N) is 4. The van der Waals surface area contributed by atoms with E-state index >= 15 is 0 Å². The van der Waals surface area contributed by atoms with Gasteiger partial charge in [0.05, 0.1) is 18.7 Å². The smallest absolute Gasteiger partial charge is 0.312 e. The number of rotatable bonds is 5. The Kier molecular flexibility index (Phi) is 4.69. The first-order chi connectivity index (χ1) is 12.1. The summed E-state index contributed by atoms with van der Waals surface area (Å²) in [6, 6.07) is 9.00. The van der Waals surface area contributed by atoms with Gasteiger partial charge in [-0.25, -0.2) is 9.37 Å². The van der Waals surface area contributed by atoms with Crippen molar-refractivity contribution in [2.24, 2.45) is 10.2 Å². The van der Waals surface area contributed by atoms with Crippen molar-refractivity contribution in [1.82, 2.24) is 9.38 Å². The molecule has 0 bridgehead atoms. The molecule has 1 N–H and O–H groups in total. The van der Waals surface area contributed by atoms with E-state index in [0.29, 0.717) is 0 Å². The van der Waals surface area contributed by atoms with E-state index in [2.05, 4.69) is 15.2 Å². The Morgan fingerprint density at radius 1 is 1.28 bits per heavy atom. The van der Waals surface area contributed by atoms with E-state index in [9.17, 15) is 14.3 Å². The molecule has 7 nitrogen and oxygen atoms in total. The summed E-state index contributed by atoms with van der Waals surface area (Å²) in [5.41, 5.74) is 0.559. The van der Waals surface area contributed by atoms with Crippen LogP contribution in [0.1, 0.15) is 12.6 Å². The number of azo groups is 1. The Morgan fingerprint density at radius 2 is 2.08 bits per heavy atom. The Hall–Kier alpha value is -3.29. The Balaban J connectivity index is 2.06. The molecule has 3 rings (SSSR count). The average molecular weight is 342 g/mol. The van der Waals surface area contributed by atoms with Gasteiger partial charge in [0.2, 0.25) is 0 Å². The van der Waals surface area contributed by atoms with Crippen LogP contribution in [0.25, 0.3) is 5.65 Å². The zero-order valence-electron chi connectivity index (χ0n) is 13.4. The van der Waals surface area contributed by atoms with E-state index < -0.39 is 11.8 Å². The van der Waals surface area contributed by atoms with Gasteiger partial charge in [-0.3, -0.25) is 9.20 Å². The number of aromatic hydroxyl groups is 1. The molecule has 0 saturated heterocycles. The number of fused-ring (bicyclic) bond motifs is 1. The summed E-state index contributed by atoms with van der Waals surface area (Å²) in [5, 5.41) is 17.9. The van der Waals surface area contributed by atoms with Crippen molar-refractivity contribution >= 4 is 23.1 Å². The van der Waals surface area contributed by atoms with Crippen molar-refractivity contribution in [3.05, 3.63) is 54.1 Å². The molecule has 8 heteroatoms. The van der Waals surface area contributed by atoms with E-state index in [-0.39, 0.29) is 41.6 Å². The van der Waals surface area contributed by atoms with Gasteiger partial charge in [0.1, 0.15) is 5.69 Å². The van der Waals surface area contributed by atoms with Crippen LogP contribution < -0.4 is 0 Å². The first-order valence-corrected chi connectivity index (χ1v) is 7.61. The highest BCUT2D eigenvalue weighted by Crippen LogP contribution is 2.29. The van der Waals surface area contributed by atoms with Crippen LogP contribution in [0, 0.1) is 5.82 Å². The van der Waals surface area contributed by atoms with Gasteiger partial charge in [0.15, 0.2) is 23.0 Å². The maximum atomic E-state index is 13.7. The summed E-state index contributed by atoms with van der Waals surface area (Å²) in [4.78, 5) is 16.0. The molecule has 2 aromatic heterocycles. The maximum Gasteiger partial charge on any atom is 0.312 e. The molecular formula is C17H15FN4O3. The number of halogens is 1. The number of carbonyl (C=O) groups is 1. The SMILES string of the molecule is CCOC(=O)Cc1nc2c(O)cccn2c1N=Nc1ccccc1F. The van der Waals surface area contributed by atoms with E-state index in [0.717, 1.165) is 0 Å². The van der Waals surface area contributed by atoms with Gasteiger partial charge < -0.3 is 9.84 Å². The molecule has 0 unspecified atom stereocenters. The Bertz CT molecular complexity index is 952. The quantitative estimate of drug-likeness (QED) is 0.565. The second-order valence-corrected chi connectivity index (χ2v) is 5.10. The van der Waals surface area contributed by atoms with Crippen LogP contribution in [0.15, 0.2) is 52.8 Å². The molecule has 3 aromatic rings. The lowest BCUT2D eigenvalue weighted by molar-refractivity contribution is -0.142.